The van der Waals surface area contributed by atoms with Crippen molar-refractivity contribution < 1.29 is 5.11 Å². The fourth-order valence-corrected chi connectivity index (χ4v) is 3.86. The molecule has 0 amide bonds. The van der Waals surface area contributed by atoms with Gasteiger partial charge in [0.1, 0.15) is 5.60 Å². The van der Waals surface area contributed by atoms with Crippen LogP contribution >= 0.6 is 0 Å². The lowest BCUT2D eigenvalue weighted by atomic mass is 9.80. The number of rotatable bonds is 2. The van der Waals surface area contributed by atoms with Crippen LogP contribution in [-0.4, -0.2) is 60.3 Å². The second kappa shape index (κ2) is 5.52. The van der Waals surface area contributed by atoms with Crippen molar-refractivity contribution in [3.63, 3.8) is 0 Å². The van der Waals surface area contributed by atoms with Crippen LogP contribution in [0.25, 0.3) is 0 Å². The van der Waals surface area contributed by atoms with Gasteiger partial charge in [0.25, 0.3) is 0 Å². The first kappa shape index (κ1) is 14.1. The third kappa shape index (κ3) is 2.93. The Morgan fingerprint density at radius 2 is 1.95 bits per heavy atom. The molecule has 2 fully saturated rings. The Morgan fingerprint density at radius 3 is 2.55 bits per heavy atom. The smallest absolute Gasteiger partial charge is 0.126 e. The van der Waals surface area contributed by atoms with Gasteiger partial charge in [-0.05, 0) is 38.6 Å². The van der Waals surface area contributed by atoms with E-state index in [4.69, 9.17) is 0 Å². The molecule has 2 bridgehead atoms. The molecule has 3 heteroatoms. The molecule has 20 heavy (non-hydrogen) atoms. The third-order valence-corrected chi connectivity index (χ3v) is 5.24. The lowest BCUT2D eigenvalue weighted by Gasteiger charge is -2.31. The Bertz CT molecular complexity index is 438. The lowest BCUT2D eigenvalue weighted by Crippen LogP contribution is -2.44. The van der Waals surface area contributed by atoms with E-state index in [0.29, 0.717) is 17.8 Å². The molecule has 0 aromatic rings. The summed E-state index contributed by atoms with van der Waals surface area (Å²) in [4.78, 5) is 4.73. The molecule has 3 nitrogen and oxygen atoms in total. The molecule has 0 aromatic carbocycles. The molecule has 1 heterocycles. The summed E-state index contributed by atoms with van der Waals surface area (Å²) >= 11 is 0. The zero-order chi connectivity index (χ0) is 14.2. The van der Waals surface area contributed by atoms with E-state index in [0.717, 1.165) is 39.1 Å². The average Bonchev–Trinajstić information content (AvgIpc) is 3.04. The highest BCUT2D eigenvalue weighted by Gasteiger charge is 2.44. The Kier molecular flexibility index (Phi) is 3.90. The highest BCUT2D eigenvalue weighted by Crippen LogP contribution is 2.47. The van der Waals surface area contributed by atoms with E-state index in [1.807, 2.05) is 6.92 Å². The zero-order valence-corrected chi connectivity index (χ0v) is 12.7. The van der Waals surface area contributed by atoms with Crippen LogP contribution in [0.15, 0.2) is 12.2 Å². The number of aliphatic hydroxyl groups is 1. The summed E-state index contributed by atoms with van der Waals surface area (Å²) in [6.45, 7) is 7.11. The largest absolute Gasteiger partial charge is 0.378 e. The van der Waals surface area contributed by atoms with Crippen LogP contribution in [-0.2, 0) is 0 Å². The lowest BCUT2D eigenvalue weighted by molar-refractivity contribution is 0.0430. The van der Waals surface area contributed by atoms with E-state index in [1.54, 1.807) is 0 Å². The van der Waals surface area contributed by atoms with Crippen LogP contribution in [0.4, 0.5) is 0 Å². The van der Waals surface area contributed by atoms with Gasteiger partial charge in [0, 0.05) is 32.1 Å². The summed E-state index contributed by atoms with van der Waals surface area (Å²) in [5.41, 5.74) is -0.823. The maximum Gasteiger partial charge on any atom is 0.126 e. The van der Waals surface area contributed by atoms with Crippen molar-refractivity contribution in [2.45, 2.75) is 25.4 Å². The van der Waals surface area contributed by atoms with Gasteiger partial charge < -0.3 is 10.0 Å². The molecule has 0 unspecified atom stereocenters. The molecular formula is C17H26N2O. The quantitative estimate of drug-likeness (QED) is 0.605. The molecule has 3 aliphatic rings. The van der Waals surface area contributed by atoms with Gasteiger partial charge >= 0.3 is 0 Å². The first-order chi connectivity index (χ1) is 9.54. The first-order valence-electron chi connectivity index (χ1n) is 7.86. The van der Waals surface area contributed by atoms with E-state index >= 15 is 0 Å². The molecule has 3 rings (SSSR count). The minimum Gasteiger partial charge on any atom is -0.378 e. The van der Waals surface area contributed by atoms with E-state index in [2.05, 4.69) is 40.8 Å². The fourth-order valence-electron chi connectivity index (χ4n) is 3.86. The van der Waals surface area contributed by atoms with Crippen molar-refractivity contribution in [2.75, 3.05) is 39.8 Å². The fraction of sp³-hybridized carbons (Fsp3) is 0.765. The van der Waals surface area contributed by atoms with E-state index in [9.17, 15) is 5.11 Å². The van der Waals surface area contributed by atoms with Gasteiger partial charge in [-0.1, -0.05) is 24.0 Å². The predicted molar refractivity (Wildman–Crippen MR) is 81.2 cm³/mol. The van der Waals surface area contributed by atoms with E-state index in [-0.39, 0.29) is 0 Å². The van der Waals surface area contributed by atoms with Crippen LogP contribution in [0.2, 0.25) is 0 Å². The molecule has 1 N–H and O–H groups in total. The molecule has 2 aliphatic carbocycles. The summed E-state index contributed by atoms with van der Waals surface area (Å²) in [6.07, 6.45) is 6.93. The Morgan fingerprint density at radius 1 is 1.20 bits per heavy atom. The minimum absolute atomic E-state index is 0.331. The van der Waals surface area contributed by atoms with Gasteiger partial charge in [-0.2, -0.15) is 0 Å². The second-order valence-electron chi connectivity index (χ2n) is 6.92. The average molecular weight is 274 g/mol. The highest BCUT2D eigenvalue weighted by atomic mass is 16.3. The van der Waals surface area contributed by atoms with Crippen LogP contribution in [0.5, 0.6) is 0 Å². The third-order valence-electron chi connectivity index (χ3n) is 5.24. The van der Waals surface area contributed by atoms with Crippen LogP contribution in [0, 0.1) is 29.6 Å². The molecule has 4 atom stereocenters. The summed E-state index contributed by atoms with van der Waals surface area (Å²) in [5, 5.41) is 10.7. The zero-order valence-electron chi connectivity index (χ0n) is 12.7. The first-order valence-corrected chi connectivity index (χ1v) is 7.86. The van der Waals surface area contributed by atoms with Crippen molar-refractivity contribution in [3.8, 4) is 11.8 Å². The van der Waals surface area contributed by atoms with Gasteiger partial charge in [-0.3, -0.25) is 4.90 Å². The highest BCUT2D eigenvalue weighted by molar-refractivity contribution is 5.22. The number of hydrogen-bond donors (Lipinski definition) is 1. The maximum absolute atomic E-state index is 10.7. The van der Waals surface area contributed by atoms with Crippen LogP contribution in [0.1, 0.15) is 19.8 Å². The number of hydrogen-bond acceptors (Lipinski definition) is 3. The minimum atomic E-state index is -0.823. The summed E-state index contributed by atoms with van der Waals surface area (Å²) in [6, 6.07) is 0. The van der Waals surface area contributed by atoms with Crippen LogP contribution < -0.4 is 0 Å². The number of likely N-dealkylation sites (N-methyl/N-ethyl adjacent to an activating group) is 1. The number of piperazine rings is 1. The van der Waals surface area contributed by atoms with Gasteiger partial charge in [-0.25, -0.2) is 0 Å². The number of nitrogens with zero attached hydrogens (tertiary/aromatic N) is 2. The van der Waals surface area contributed by atoms with Crippen molar-refractivity contribution in [2.24, 2.45) is 17.8 Å². The number of allylic oxidation sites excluding steroid dienone is 2. The van der Waals surface area contributed by atoms with Crippen molar-refractivity contribution in [1.82, 2.24) is 9.80 Å². The normalized spacial score (nSPS) is 36.6. The monoisotopic (exact) mass is 274 g/mol. The van der Waals surface area contributed by atoms with Gasteiger partial charge in [0.15, 0.2) is 0 Å². The van der Waals surface area contributed by atoms with Crippen LogP contribution in [0.3, 0.4) is 0 Å². The molecule has 1 saturated heterocycles. The topological polar surface area (TPSA) is 26.7 Å². The molecule has 1 aliphatic heterocycles. The molecule has 0 aromatic heterocycles. The van der Waals surface area contributed by atoms with Crippen molar-refractivity contribution >= 4 is 0 Å². The van der Waals surface area contributed by atoms with E-state index in [1.165, 1.54) is 6.42 Å². The summed E-state index contributed by atoms with van der Waals surface area (Å²) in [7, 11) is 2.16. The SMILES string of the molecule is CN1CCN(CC#C[C@](C)(O)[C@@H]2C[C@H]3C=C[C@H]2C3)CC1. The molecule has 1 saturated carbocycles. The molecule has 0 spiro atoms. The van der Waals surface area contributed by atoms with Gasteiger partial charge in [0.05, 0.1) is 6.54 Å². The second-order valence-corrected chi connectivity index (χ2v) is 6.92. The Balaban J connectivity index is 1.54. The van der Waals surface area contributed by atoms with Crippen molar-refractivity contribution in [3.05, 3.63) is 12.2 Å². The van der Waals surface area contributed by atoms with Gasteiger partial charge in [-0.15, -0.1) is 0 Å². The van der Waals surface area contributed by atoms with Crippen molar-refractivity contribution in [1.29, 1.82) is 0 Å². The molecular weight excluding hydrogens is 248 g/mol. The molecule has 110 valence electrons. The number of fused-ring (bicyclic) bond motifs is 2. The Labute approximate surface area is 122 Å². The van der Waals surface area contributed by atoms with Gasteiger partial charge in [0.2, 0.25) is 0 Å². The Hall–Kier alpha value is -0.820. The molecule has 0 radical (unpaired) electrons. The predicted octanol–water partition coefficient (Wildman–Crippen LogP) is 1.20. The summed E-state index contributed by atoms with van der Waals surface area (Å²) < 4.78 is 0. The van der Waals surface area contributed by atoms with E-state index < -0.39 is 5.60 Å². The maximum atomic E-state index is 10.7. The summed E-state index contributed by atoms with van der Waals surface area (Å²) in [5.74, 6) is 7.96. The standard InChI is InChI=1S/C17H26N2O/c1-17(20,16-13-14-4-5-15(16)12-14)6-3-7-19-10-8-18(2)9-11-19/h4-5,14-16,20H,7-13H2,1-2H3/t14-,15-,16+,17-/m0/s1.